The number of aromatic nitrogens is 1. The molecule has 0 spiro atoms. The molecule has 0 bridgehead atoms. The van der Waals surface area contributed by atoms with E-state index in [-0.39, 0.29) is 34.8 Å². The number of carbonyl (C=O) groups excluding carboxylic acids is 1. The standard InChI is InChI=1S/C25H30FN3O3/c1-17-8-5-6-13-28(17)14-7-12-27-24(30)22-18(2)32-21-11-15-29(25(31)23(21)22)16-19-9-3-4-10-20(19)26/h3-4,9-11,15,17H,5-8,12-14,16H2,1-2H3,(H,27,30). The monoisotopic (exact) mass is 439 g/mol. The van der Waals surface area contributed by atoms with Crippen molar-refractivity contribution in [2.45, 2.75) is 52.1 Å². The van der Waals surface area contributed by atoms with E-state index in [0.717, 1.165) is 19.5 Å². The summed E-state index contributed by atoms with van der Waals surface area (Å²) in [6, 6.07) is 8.59. The number of pyridine rings is 1. The van der Waals surface area contributed by atoms with Crippen LogP contribution in [0.4, 0.5) is 4.39 Å². The zero-order valence-corrected chi connectivity index (χ0v) is 18.7. The molecule has 170 valence electrons. The molecule has 0 radical (unpaired) electrons. The molecule has 0 saturated carbocycles. The normalized spacial score (nSPS) is 17.0. The van der Waals surface area contributed by atoms with Crippen molar-refractivity contribution in [2.24, 2.45) is 0 Å². The molecule has 7 heteroatoms. The molecule has 1 aliphatic heterocycles. The summed E-state index contributed by atoms with van der Waals surface area (Å²) in [7, 11) is 0. The van der Waals surface area contributed by atoms with E-state index in [1.165, 1.54) is 29.9 Å². The molecule has 1 amide bonds. The van der Waals surface area contributed by atoms with Gasteiger partial charge in [0.05, 0.1) is 17.5 Å². The van der Waals surface area contributed by atoms with Gasteiger partial charge in [0, 0.05) is 30.9 Å². The number of nitrogens with one attached hydrogen (secondary N) is 1. The predicted molar refractivity (Wildman–Crippen MR) is 123 cm³/mol. The molecule has 32 heavy (non-hydrogen) atoms. The first-order valence-corrected chi connectivity index (χ1v) is 11.3. The molecular weight excluding hydrogens is 409 g/mol. The maximum Gasteiger partial charge on any atom is 0.262 e. The Morgan fingerprint density at radius 1 is 1.25 bits per heavy atom. The highest BCUT2D eigenvalue weighted by Crippen LogP contribution is 2.23. The van der Waals surface area contributed by atoms with Gasteiger partial charge in [-0.25, -0.2) is 4.39 Å². The predicted octanol–water partition coefficient (Wildman–Crippen LogP) is 4.08. The van der Waals surface area contributed by atoms with E-state index < -0.39 is 0 Å². The Kier molecular flexibility index (Phi) is 6.74. The zero-order valence-electron chi connectivity index (χ0n) is 18.7. The van der Waals surface area contributed by atoms with Gasteiger partial charge in [-0.3, -0.25) is 9.59 Å². The minimum Gasteiger partial charge on any atom is -0.460 e. The van der Waals surface area contributed by atoms with E-state index in [0.29, 0.717) is 29.5 Å². The maximum atomic E-state index is 14.1. The zero-order chi connectivity index (χ0) is 22.7. The van der Waals surface area contributed by atoms with Crippen molar-refractivity contribution in [3.8, 4) is 0 Å². The van der Waals surface area contributed by atoms with E-state index in [2.05, 4.69) is 17.1 Å². The molecule has 1 unspecified atom stereocenters. The lowest BCUT2D eigenvalue weighted by atomic mass is 10.0. The van der Waals surface area contributed by atoms with Crippen LogP contribution in [0.3, 0.4) is 0 Å². The molecular formula is C25H30FN3O3. The third-order valence-electron chi connectivity index (χ3n) is 6.37. The third-order valence-corrected chi connectivity index (χ3v) is 6.37. The van der Waals surface area contributed by atoms with Crippen LogP contribution in [-0.2, 0) is 6.54 Å². The summed E-state index contributed by atoms with van der Waals surface area (Å²) in [6.07, 6.45) is 6.17. The second-order valence-corrected chi connectivity index (χ2v) is 8.60. The van der Waals surface area contributed by atoms with Crippen LogP contribution in [-0.4, -0.2) is 41.1 Å². The number of furan rings is 1. The van der Waals surface area contributed by atoms with Crippen molar-refractivity contribution >= 4 is 16.9 Å². The summed E-state index contributed by atoms with van der Waals surface area (Å²) in [4.78, 5) is 28.6. The Labute approximate surface area is 187 Å². The second kappa shape index (κ2) is 9.69. The van der Waals surface area contributed by atoms with Crippen molar-refractivity contribution in [3.63, 3.8) is 0 Å². The summed E-state index contributed by atoms with van der Waals surface area (Å²) in [5, 5.41) is 3.18. The fourth-order valence-corrected chi connectivity index (χ4v) is 4.54. The van der Waals surface area contributed by atoms with Crippen LogP contribution in [0, 0.1) is 12.7 Å². The van der Waals surface area contributed by atoms with Crippen LogP contribution < -0.4 is 10.9 Å². The first-order valence-electron chi connectivity index (χ1n) is 11.3. The summed E-state index contributed by atoms with van der Waals surface area (Å²) in [5.41, 5.74) is 0.672. The Bertz CT molecular complexity index is 1170. The van der Waals surface area contributed by atoms with Gasteiger partial charge in [-0.1, -0.05) is 24.6 Å². The van der Waals surface area contributed by atoms with Crippen molar-refractivity contribution < 1.29 is 13.6 Å². The number of aryl methyl sites for hydroxylation is 1. The average Bonchev–Trinajstić information content (AvgIpc) is 3.12. The van der Waals surface area contributed by atoms with Crippen LogP contribution in [0.1, 0.15) is 54.3 Å². The smallest absolute Gasteiger partial charge is 0.262 e. The van der Waals surface area contributed by atoms with Crippen LogP contribution in [0.15, 0.2) is 45.7 Å². The molecule has 1 aliphatic rings. The Balaban J connectivity index is 1.49. The molecule has 1 saturated heterocycles. The van der Waals surface area contributed by atoms with Crippen LogP contribution in [0.5, 0.6) is 0 Å². The van der Waals surface area contributed by atoms with Crippen LogP contribution >= 0.6 is 0 Å². The number of likely N-dealkylation sites (tertiary alicyclic amines) is 1. The molecule has 1 atom stereocenters. The van der Waals surface area contributed by atoms with Crippen LogP contribution in [0.2, 0.25) is 0 Å². The second-order valence-electron chi connectivity index (χ2n) is 8.60. The highest BCUT2D eigenvalue weighted by Gasteiger charge is 2.22. The SMILES string of the molecule is Cc1oc2ccn(Cc3ccccc3F)c(=O)c2c1C(=O)NCCCN1CCCCC1C. The fraction of sp³-hybridized carbons (Fsp3) is 0.440. The number of halogens is 1. The molecule has 3 aromatic rings. The minimum absolute atomic E-state index is 0.0841. The maximum absolute atomic E-state index is 14.1. The lowest BCUT2D eigenvalue weighted by molar-refractivity contribution is 0.0948. The summed E-state index contributed by atoms with van der Waals surface area (Å²) in [5.74, 6) is -0.277. The fourth-order valence-electron chi connectivity index (χ4n) is 4.54. The van der Waals surface area contributed by atoms with Gasteiger partial charge < -0.3 is 19.2 Å². The van der Waals surface area contributed by atoms with Gasteiger partial charge in [0.25, 0.3) is 11.5 Å². The quantitative estimate of drug-likeness (QED) is 0.563. The summed E-state index contributed by atoms with van der Waals surface area (Å²) < 4.78 is 21.2. The Hall–Kier alpha value is -2.93. The van der Waals surface area contributed by atoms with E-state index in [1.807, 2.05) is 0 Å². The van der Waals surface area contributed by atoms with Gasteiger partial charge in [0.1, 0.15) is 17.2 Å². The van der Waals surface area contributed by atoms with Crippen molar-refractivity contribution in [1.29, 1.82) is 0 Å². The van der Waals surface area contributed by atoms with E-state index in [1.54, 1.807) is 37.4 Å². The van der Waals surface area contributed by atoms with Crippen molar-refractivity contribution in [3.05, 3.63) is 69.6 Å². The summed E-state index contributed by atoms with van der Waals surface area (Å²) >= 11 is 0. The molecule has 1 aromatic carbocycles. The molecule has 2 aromatic heterocycles. The molecule has 0 aliphatic carbocycles. The van der Waals surface area contributed by atoms with Crippen LogP contribution in [0.25, 0.3) is 11.0 Å². The van der Waals surface area contributed by atoms with E-state index in [4.69, 9.17) is 4.42 Å². The number of rotatable bonds is 7. The van der Waals surface area contributed by atoms with Crippen molar-refractivity contribution in [1.82, 2.24) is 14.8 Å². The number of carbonyl (C=O) groups is 1. The van der Waals surface area contributed by atoms with E-state index in [9.17, 15) is 14.0 Å². The first-order chi connectivity index (χ1) is 15.5. The molecule has 4 rings (SSSR count). The Morgan fingerprint density at radius 2 is 2.06 bits per heavy atom. The lowest BCUT2D eigenvalue weighted by Gasteiger charge is -2.33. The van der Waals surface area contributed by atoms with Gasteiger partial charge in [-0.15, -0.1) is 0 Å². The third kappa shape index (κ3) is 4.63. The lowest BCUT2D eigenvalue weighted by Crippen LogP contribution is -2.39. The number of benzene rings is 1. The van der Waals surface area contributed by atoms with Gasteiger partial charge in [-0.2, -0.15) is 0 Å². The van der Waals surface area contributed by atoms with Gasteiger partial charge in [-0.05, 0) is 51.8 Å². The number of amides is 1. The molecule has 1 fully saturated rings. The highest BCUT2D eigenvalue weighted by atomic mass is 19.1. The largest absolute Gasteiger partial charge is 0.460 e. The molecule has 6 nitrogen and oxygen atoms in total. The summed E-state index contributed by atoms with van der Waals surface area (Å²) in [6.45, 7) is 6.62. The Morgan fingerprint density at radius 3 is 2.84 bits per heavy atom. The first kappa shape index (κ1) is 22.3. The van der Waals surface area contributed by atoms with Gasteiger partial charge in [0.2, 0.25) is 0 Å². The number of hydrogen-bond acceptors (Lipinski definition) is 4. The number of fused-ring (bicyclic) bond motifs is 1. The van der Waals surface area contributed by atoms with Crippen molar-refractivity contribution in [2.75, 3.05) is 19.6 Å². The average molecular weight is 440 g/mol. The molecule has 1 N–H and O–H groups in total. The highest BCUT2D eigenvalue weighted by molar-refractivity contribution is 6.06. The molecule has 3 heterocycles. The van der Waals surface area contributed by atoms with Gasteiger partial charge in [0.15, 0.2) is 0 Å². The number of nitrogens with zero attached hydrogens (tertiary/aromatic N) is 2. The minimum atomic E-state index is -0.371. The number of hydrogen-bond donors (Lipinski definition) is 1. The van der Waals surface area contributed by atoms with E-state index >= 15 is 0 Å². The number of piperidine rings is 1. The van der Waals surface area contributed by atoms with Gasteiger partial charge >= 0.3 is 0 Å². The topological polar surface area (TPSA) is 67.5 Å².